The zero-order chi connectivity index (χ0) is 12.1. The maximum atomic E-state index is 11.7. The van der Waals surface area contributed by atoms with Crippen LogP contribution in [0.2, 0.25) is 0 Å². The summed E-state index contributed by atoms with van der Waals surface area (Å²) in [4.78, 5) is 22.3. The second-order valence-electron chi connectivity index (χ2n) is 3.11. The van der Waals surface area contributed by atoms with E-state index in [9.17, 15) is 9.59 Å². The fraction of sp³-hybridized carbons (Fsp3) is 0.273. The number of amides is 1. The van der Waals surface area contributed by atoms with Gasteiger partial charge in [0.15, 0.2) is 17.3 Å². The predicted octanol–water partition coefficient (Wildman–Crippen LogP) is 0.762. The summed E-state index contributed by atoms with van der Waals surface area (Å²) in [6, 6.07) is 4.88. The van der Waals surface area contributed by atoms with Crippen LogP contribution < -0.4 is 15.2 Å². The van der Waals surface area contributed by atoms with E-state index in [-0.39, 0.29) is 12.2 Å². The lowest BCUT2D eigenvalue weighted by Gasteiger charge is -2.10. The molecule has 0 atom stereocenters. The molecule has 0 aliphatic rings. The number of primary amides is 1. The molecule has 0 aliphatic carbocycles. The van der Waals surface area contributed by atoms with Crippen LogP contribution in [-0.2, 0) is 4.79 Å². The van der Waals surface area contributed by atoms with Crippen LogP contribution >= 0.6 is 0 Å². The topological polar surface area (TPSA) is 78.6 Å². The van der Waals surface area contributed by atoms with E-state index in [1.54, 1.807) is 18.2 Å². The van der Waals surface area contributed by atoms with Crippen molar-refractivity contribution in [2.24, 2.45) is 5.73 Å². The highest BCUT2D eigenvalue weighted by atomic mass is 16.5. The van der Waals surface area contributed by atoms with Crippen LogP contribution in [0.4, 0.5) is 0 Å². The van der Waals surface area contributed by atoms with Gasteiger partial charge in [-0.05, 0) is 12.1 Å². The van der Waals surface area contributed by atoms with Crippen molar-refractivity contribution in [3.05, 3.63) is 23.8 Å². The smallest absolute Gasteiger partial charge is 0.225 e. The van der Waals surface area contributed by atoms with Crippen molar-refractivity contribution < 1.29 is 19.1 Å². The predicted molar refractivity (Wildman–Crippen MR) is 57.7 cm³/mol. The Hall–Kier alpha value is -2.04. The van der Waals surface area contributed by atoms with E-state index >= 15 is 0 Å². The summed E-state index contributed by atoms with van der Waals surface area (Å²) in [5.74, 6) is -0.299. The number of para-hydroxylation sites is 1. The van der Waals surface area contributed by atoms with E-state index in [4.69, 9.17) is 15.2 Å². The lowest BCUT2D eigenvalue weighted by Crippen LogP contribution is -2.16. The first-order valence-electron chi connectivity index (χ1n) is 4.62. The van der Waals surface area contributed by atoms with Crippen LogP contribution in [0.15, 0.2) is 18.2 Å². The molecule has 0 heterocycles. The van der Waals surface area contributed by atoms with Crippen molar-refractivity contribution in [2.45, 2.75) is 6.42 Å². The van der Waals surface area contributed by atoms with Gasteiger partial charge in [0, 0.05) is 0 Å². The van der Waals surface area contributed by atoms with Gasteiger partial charge < -0.3 is 15.2 Å². The molecule has 5 heteroatoms. The minimum absolute atomic E-state index is 0.292. The Morgan fingerprint density at radius 2 is 1.94 bits per heavy atom. The number of carbonyl (C=O) groups is 2. The Bertz CT molecular complexity index is 414. The van der Waals surface area contributed by atoms with E-state index in [2.05, 4.69) is 0 Å². The SMILES string of the molecule is COc1cccc(C(=O)CC(N)=O)c1OC. The molecule has 0 aliphatic heterocycles. The highest BCUT2D eigenvalue weighted by molar-refractivity contribution is 6.08. The van der Waals surface area contributed by atoms with Crippen molar-refractivity contribution in [1.82, 2.24) is 0 Å². The lowest BCUT2D eigenvalue weighted by atomic mass is 10.1. The van der Waals surface area contributed by atoms with Gasteiger partial charge in [0.1, 0.15) is 0 Å². The first-order chi connectivity index (χ1) is 7.60. The highest BCUT2D eigenvalue weighted by Crippen LogP contribution is 2.31. The molecule has 0 saturated carbocycles. The van der Waals surface area contributed by atoms with Crippen LogP contribution in [0.3, 0.4) is 0 Å². The Balaban J connectivity index is 3.12. The van der Waals surface area contributed by atoms with Gasteiger partial charge in [-0.15, -0.1) is 0 Å². The molecule has 86 valence electrons. The van der Waals surface area contributed by atoms with E-state index in [0.29, 0.717) is 17.1 Å². The van der Waals surface area contributed by atoms with Gasteiger partial charge in [-0.1, -0.05) is 6.07 Å². The van der Waals surface area contributed by atoms with Crippen molar-refractivity contribution in [3.63, 3.8) is 0 Å². The van der Waals surface area contributed by atoms with Gasteiger partial charge in [0.25, 0.3) is 0 Å². The molecule has 2 N–H and O–H groups in total. The fourth-order valence-corrected chi connectivity index (χ4v) is 1.36. The zero-order valence-electron chi connectivity index (χ0n) is 9.15. The Morgan fingerprint density at radius 3 is 2.44 bits per heavy atom. The minimum atomic E-state index is -0.671. The molecule has 0 aromatic heterocycles. The maximum Gasteiger partial charge on any atom is 0.225 e. The van der Waals surface area contributed by atoms with Crippen molar-refractivity contribution in [1.29, 1.82) is 0 Å². The lowest BCUT2D eigenvalue weighted by molar-refractivity contribution is -0.117. The van der Waals surface area contributed by atoms with E-state index in [1.807, 2.05) is 0 Å². The van der Waals surface area contributed by atoms with E-state index < -0.39 is 5.91 Å². The molecule has 0 unspecified atom stereocenters. The largest absolute Gasteiger partial charge is 0.493 e. The third kappa shape index (κ3) is 2.50. The van der Waals surface area contributed by atoms with E-state index in [1.165, 1.54) is 14.2 Å². The number of Topliss-reactive ketones (excluding diaryl/α,β-unsaturated/α-hetero) is 1. The Labute approximate surface area is 93.1 Å². The summed E-state index contributed by atoms with van der Waals surface area (Å²) in [5.41, 5.74) is 5.25. The summed E-state index contributed by atoms with van der Waals surface area (Å²) in [5, 5.41) is 0. The first kappa shape index (κ1) is 12.0. The molecule has 0 saturated heterocycles. The van der Waals surface area contributed by atoms with Crippen molar-refractivity contribution in [2.75, 3.05) is 14.2 Å². The van der Waals surface area contributed by atoms with Gasteiger partial charge in [-0.25, -0.2) is 0 Å². The average Bonchev–Trinajstić information content (AvgIpc) is 2.26. The monoisotopic (exact) mass is 223 g/mol. The molecule has 1 aromatic carbocycles. The van der Waals surface area contributed by atoms with Gasteiger partial charge >= 0.3 is 0 Å². The highest BCUT2D eigenvalue weighted by Gasteiger charge is 2.17. The van der Waals surface area contributed by atoms with Gasteiger partial charge in [-0.3, -0.25) is 9.59 Å². The molecule has 5 nitrogen and oxygen atoms in total. The first-order valence-corrected chi connectivity index (χ1v) is 4.62. The number of carbonyl (C=O) groups excluding carboxylic acids is 2. The van der Waals surface area contributed by atoms with Crippen LogP contribution in [0.1, 0.15) is 16.8 Å². The number of ketones is 1. The molecule has 0 fully saturated rings. The summed E-state index contributed by atoms with van der Waals surface area (Å²) in [6.07, 6.45) is -0.344. The van der Waals surface area contributed by atoms with Crippen LogP contribution in [0, 0.1) is 0 Å². The number of ether oxygens (including phenoxy) is 2. The normalized spacial score (nSPS) is 9.62. The van der Waals surface area contributed by atoms with Crippen molar-refractivity contribution >= 4 is 11.7 Å². The van der Waals surface area contributed by atoms with Gasteiger partial charge in [-0.2, -0.15) is 0 Å². The van der Waals surface area contributed by atoms with Gasteiger partial charge in [0.05, 0.1) is 26.2 Å². The molecular weight excluding hydrogens is 210 g/mol. The fourth-order valence-electron chi connectivity index (χ4n) is 1.36. The molecule has 16 heavy (non-hydrogen) atoms. The van der Waals surface area contributed by atoms with E-state index in [0.717, 1.165) is 0 Å². The van der Waals surface area contributed by atoms with Crippen LogP contribution in [0.25, 0.3) is 0 Å². The quantitative estimate of drug-likeness (QED) is 0.590. The number of nitrogens with two attached hydrogens (primary N) is 1. The zero-order valence-corrected chi connectivity index (χ0v) is 9.15. The number of rotatable bonds is 5. The third-order valence-corrected chi connectivity index (χ3v) is 2.04. The standard InChI is InChI=1S/C11H13NO4/c1-15-9-5-3-4-7(11(9)16-2)8(13)6-10(12)14/h3-5H,6H2,1-2H3,(H2,12,14). The number of methoxy groups -OCH3 is 2. The second-order valence-corrected chi connectivity index (χ2v) is 3.11. The Kier molecular flexibility index (Phi) is 3.88. The number of benzene rings is 1. The summed E-state index contributed by atoms with van der Waals surface area (Å²) < 4.78 is 10.1. The molecule has 1 amide bonds. The molecule has 0 radical (unpaired) electrons. The summed E-state index contributed by atoms with van der Waals surface area (Å²) in [6.45, 7) is 0. The van der Waals surface area contributed by atoms with Crippen LogP contribution in [0.5, 0.6) is 11.5 Å². The molecule has 0 bridgehead atoms. The Morgan fingerprint density at radius 1 is 1.25 bits per heavy atom. The van der Waals surface area contributed by atoms with Crippen LogP contribution in [-0.4, -0.2) is 25.9 Å². The summed E-state index contributed by atoms with van der Waals surface area (Å²) in [7, 11) is 2.90. The number of hydrogen-bond acceptors (Lipinski definition) is 4. The molecule has 1 rings (SSSR count). The third-order valence-electron chi connectivity index (χ3n) is 2.04. The summed E-state index contributed by atoms with van der Waals surface area (Å²) >= 11 is 0. The molecule has 1 aromatic rings. The molecule has 0 spiro atoms. The van der Waals surface area contributed by atoms with Gasteiger partial charge in [0.2, 0.25) is 5.91 Å². The minimum Gasteiger partial charge on any atom is -0.493 e. The second kappa shape index (κ2) is 5.16. The maximum absolute atomic E-state index is 11.7. The van der Waals surface area contributed by atoms with Crippen molar-refractivity contribution in [3.8, 4) is 11.5 Å². The number of hydrogen-bond donors (Lipinski definition) is 1. The molecular formula is C11H13NO4. The average molecular weight is 223 g/mol.